The molecule has 6 nitrogen and oxygen atoms in total. The standard InChI is InChI=1S/C24H27N3O3/c25-24(30)22-12-7-19(15-23(22)26-17-5-10-21(29)11-6-17)27-13-1-2-18(27)14-16-3-8-20(28)9-4-16/h1-4,7-9,12-13,15,17,21,26,28-29H,5-6,10-11,14H2,(H2,25,30)/t17-,21-. The van der Waals surface area contributed by atoms with Crippen molar-refractivity contribution in [1.82, 2.24) is 4.57 Å². The first-order valence-electron chi connectivity index (χ1n) is 10.3. The van der Waals surface area contributed by atoms with Gasteiger partial charge in [0.1, 0.15) is 5.75 Å². The molecule has 1 fully saturated rings. The predicted octanol–water partition coefficient (Wildman–Crippen LogP) is 3.59. The molecule has 1 aliphatic rings. The van der Waals surface area contributed by atoms with Crippen molar-refractivity contribution in [3.8, 4) is 11.4 Å². The number of nitrogens with two attached hydrogens (primary N) is 1. The lowest BCUT2D eigenvalue weighted by molar-refractivity contribution is 0.100. The fourth-order valence-corrected chi connectivity index (χ4v) is 4.09. The van der Waals surface area contributed by atoms with Crippen molar-refractivity contribution in [2.45, 2.75) is 44.2 Å². The number of carbonyl (C=O) groups is 1. The smallest absolute Gasteiger partial charge is 0.250 e. The van der Waals surface area contributed by atoms with E-state index < -0.39 is 5.91 Å². The number of phenolic OH excluding ortho intramolecular Hbond substituents is 1. The molecule has 0 radical (unpaired) electrons. The topological polar surface area (TPSA) is 101 Å². The Hall–Kier alpha value is -3.25. The van der Waals surface area contributed by atoms with E-state index in [1.54, 1.807) is 18.2 Å². The highest BCUT2D eigenvalue weighted by Crippen LogP contribution is 2.27. The number of benzene rings is 2. The Labute approximate surface area is 176 Å². The summed E-state index contributed by atoms with van der Waals surface area (Å²) in [6.45, 7) is 0. The molecule has 0 unspecified atom stereocenters. The minimum Gasteiger partial charge on any atom is -0.508 e. The minimum absolute atomic E-state index is 0.211. The van der Waals surface area contributed by atoms with E-state index >= 15 is 0 Å². The number of carbonyl (C=O) groups excluding carboxylic acids is 1. The first-order chi connectivity index (χ1) is 14.5. The van der Waals surface area contributed by atoms with Crippen molar-refractivity contribution in [3.63, 3.8) is 0 Å². The lowest BCUT2D eigenvalue weighted by Crippen LogP contribution is -2.29. The van der Waals surface area contributed by atoms with Crippen LogP contribution in [0.5, 0.6) is 5.75 Å². The van der Waals surface area contributed by atoms with Crippen LogP contribution in [0.4, 0.5) is 5.69 Å². The van der Waals surface area contributed by atoms with Gasteiger partial charge >= 0.3 is 0 Å². The number of rotatable bonds is 6. The number of hydrogen-bond acceptors (Lipinski definition) is 4. The summed E-state index contributed by atoms with van der Waals surface area (Å²) in [6.07, 6.45) is 5.73. The molecule has 0 saturated heterocycles. The van der Waals surface area contributed by atoms with Crippen LogP contribution in [-0.4, -0.2) is 32.8 Å². The number of amides is 1. The third-order valence-electron chi connectivity index (χ3n) is 5.76. The predicted molar refractivity (Wildman–Crippen MR) is 117 cm³/mol. The first kappa shape index (κ1) is 20.0. The van der Waals surface area contributed by atoms with Gasteiger partial charge in [-0.1, -0.05) is 12.1 Å². The maximum absolute atomic E-state index is 12.0. The minimum atomic E-state index is -0.461. The third-order valence-corrected chi connectivity index (χ3v) is 5.76. The van der Waals surface area contributed by atoms with Crippen molar-refractivity contribution < 1.29 is 15.0 Å². The molecule has 0 spiro atoms. The zero-order valence-electron chi connectivity index (χ0n) is 16.8. The molecule has 30 heavy (non-hydrogen) atoms. The van der Waals surface area contributed by atoms with Gasteiger partial charge in [0.2, 0.25) is 0 Å². The molecule has 0 bridgehead atoms. The molecule has 6 heteroatoms. The van der Waals surface area contributed by atoms with Crippen LogP contribution in [0.25, 0.3) is 5.69 Å². The van der Waals surface area contributed by atoms with Crippen LogP contribution in [0.15, 0.2) is 60.8 Å². The lowest BCUT2D eigenvalue weighted by Gasteiger charge is -2.28. The first-order valence-corrected chi connectivity index (χ1v) is 10.3. The quantitative estimate of drug-likeness (QED) is 0.503. The number of aromatic nitrogens is 1. The molecule has 0 aliphatic heterocycles. The zero-order valence-corrected chi connectivity index (χ0v) is 16.8. The maximum Gasteiger partial charge on any atom is 0.250 e. The molecule has 1 saturated carbocycles. The summed E-state index contributed by atoms with van der Waals surface area (Å²) >= 11 is 0. The Morgan fingerprint density at radius 2 is 1.80 bits per heavy atom. The Bertz CT molecular complexity index is 1020. The van der Waals surface area contributed by atoms with E-state index in [-0.39, 0.29) is 17.9 Å². The highest BCUT2D eigenvalue weighted by molar-refractivity contribution is 5.99. The van der Waals surface area contributed by atoms with Gasteiger partial charge in [0, 0.05) is 35.7 Å². The number of aliphatic hydroxyl groups excluding tert-OH is 1. The highest BCUT2D eigenvalue weighted by Gasteiger charge is 2.21. The molecule has 1 aromatic heterocycles. The SMILES string of the molecule is NC(=O)c1ccc(-n2cccc2Cc2ccc(O)cc2)cc1N[C@H]1CC[C@H](O)CC1. The number of primary amides is 1. The third kappa shape index (κ3) is 4.49. The van der Waals surface area contributed by atoms with Gasteiger partial charge in [0.25, 0.3) is 5.91 Å². The summed E-state index contributed by atoms with van der Waals surface area (Å²) in [6, 6.07) is 17.1. The van der Waals surface area contributed by atoms with Crippen LogP contribution in [0.2, 0.25) is 0 Å². The van der Waals surface area contributed by atoms with Crippen molar-refractivity contribution in [2.24, 2.45) is 5.73 Å². The van der Waals surface area contributed by atoms with Gasteiger partial charge in [-0.15, -0.1) is 0 Å². The summed E-state index contributed by atoms with van der Waals surface area (Å²) in [7, 11) is 0. The van der Waals surface area contributed by atoms with Gasteiger partial charge in [-0.2, -0.15) is 0 Å². The van der Waals surface area contributed by atoms with Gasteiger partial charge in [0.05, 0.1) is 11.7 Å². The second-order valence-corrected chi connectivity index (χ2v) is 7.96. The van der Waals surface area contributed by atoms with E-state index in [1.165, 1.54) is 0 Å². The fraction of sp³-hybridized carbons (Fsp3) is 0.292. The molecule has 1 aliphatic carbocycles. The summed E-state index contributed by atoms with van der Waals surface area (Å²) in [5.74, 6) is -0.209. The van der Waals surface area contributed by atoms with Crippen LogP contribution in [0, 0.1) is 0 Å². The Morgan fingerprint density at radius 3 is 2.50 bits per heavy atom. The summed E-state index contributed by atoms with van der Waals surface area (Å²) in [5.41, 5.74) is 9.94. The molecule has 1 amide bonds. The number of phenols is 1. The molecule has 3 aromatic rings. The molecule has 1 heterocycles. The monoisotopic (exact) mass is 405 g/mol. The van der Waals surface area contributed by atoms with Crippen LogP contribution in [0.1, 0.15) is 47.3 Å². The van der Waals surface area contributed by atoms with E-state index in [2.05, 4.69) is 16.0 Å². The van der Waals surface area contributed by atoms with E-state index in [0.717, 1.165) is 48.3 Å². The normalized spacial score (nSPS) is 18.8. The van der Waals surface area contributed by atoms with Crippen molar-refractivity contribution in [3.05, 3.63) is 77.6 Å². The van der Waals surface area contributed by atoms with Crippen molar-refractivity contribution >= 4 is 11.6 Å². The number of anilines is 1. The van der Waals surface area contributed by atoms with E-state index in [4.69, 9.17) is 5.73 Å². The number of nitrogens with one attached hydrogen (secondary N) is 1. The van der Waals surface area contributed by atoms with Crippen LogP contribution >= 0.6 is 0 Å². The zero-order chi connectivity index (χ0) is 21.1. The van der Waals surface area contributed by atoms with Gasteiger partial charge in [-0.3, -0.25) is 4.79 Å². The molecule has 0 atom stereocenters. The Balaban J connectivity index is 1.61. The van der Waals surface area contributed by atoms with Crippen LogP contribution in [-0.2, 0) is 6.42 Å². The molecule has 156 valence electrons. The molecule has 5 N–H and O–H groups in total. The summed E-state index contributed by atoms with van der Waals surface area (Å²) < 4.78 is 2.09. The summed E-state index contributed by atoms with van der Waals surface area (Å²) in [5, 5.41) is 22.7. The second-order valence-electron chi connectivity index (χ2n) is 7.96. The lowest BCUT2D eigenvalue weighted by atomic mass is 9.92. The van der Waals surface area contributed by atoms with Gasteiger partial charge in [0.15, 0.2) is 0 Å². The number of nitrogens with zero attached hydrogens (tertiary/aromatic N) is 1. The van der Waals surface area contributed by atoms with Gasteiger partial charge < -0.3 is 25.8 Å². The van der Waals surface area contributed by atoms with E-state index in [0.29, 0.717) is 12.0 Å². The summed E-state index contributed by atoms with van der Waals surface area (Å²) in [4.78, 5) is 12.0. The number of aromatic hydroxyl groups is 1. The molecule has 4 rings (SSSR count). The Kier molecular flexibility index (Phi) is 5.77. The second kappa shape index (κ2) is 8.63. The van der Waals surface area contributed by atoms with Crippen LogP contribution < -0.4 is 11.1 Å². The van der Waals surface area contributed by atoms with E-state index in [9.17, 15) is 15.0 Å². The van der Waals surface area contributed by atoms with E-state index in [1.807, 2.05) is 36.5 Å². The molecule has 2 aromatic carbocycles. The maximum atomic E-state index is 12.0. The van der Waals surface area contributed by atoms with Gasteiger partial charge in [-0.05, 0) is 73.7 Å². The molecular weight excluding hydrogens is 378 g/mol. The average molecular weight is 405 g/mol. The average Bonchev–Trinajstić information content (AvgIpc) is 3.19. The fourth-order valence-electron chi connectivity index (χ4n) is 4.09. The number of hydrogen-bond donors (Lipinski definition) is 4. The molecular formula is C24H27N3O3. The number of aliphatic hydroxyl groups is 1. The Morgan fingerprint density at radius 1 is 1.07 bits per heavy atom. The van der Waals surface area contributed by atoms with Crippen molar-refractivity contribution in [1.29, 1.82) is 0 Å². The van der Waals surface area contributed by atoms with Gasteiger partial charge in [-0.25, -0.2) is 0 Å². The highest BCUT2D eigenvalue weighted by atomic mass is 16.3. The van der Waals surface area contributed by atoms with Crippen molar-refractivity contribution in [2.75, 3.05) is 5.32 Å². The largest absolute Gasteiger partial charge is 0.508 e. The van der Waals surface area contributed by atoms with Crippen LogP contribution in [0.3, 0.4) is 0 Å².